The molecule has 3 amide bonds. The van der Waals surface area contributed by atoms with Crippen LogP contribution < -0.4 is 20.7 Å². The maximum atomic E-state index is 12.6. The third-order valence-electron chi connectivity index (χ3n) is 6.16. The van der Waals surface area contributed by atoms with Gasteiger partial charge in [0.05, 0.1) is 6.42 Å². The lowest BCUT2D eigenvalue weighted by atomic mass is 10.0. The molecule has 0 radical (unpaired) electrons. The van der Waals surface area contributed by atoms with Crippen LogP contribution in [-0.4, -0.2) is 46.9 Å². The number of hydrogen-bond donors (Lipinski definition) is 4. The predicted molar refractivity (Wildman–Crippen MR) is 139 cm³/mol. The first kappa shape index (κ1) is 26.4. The maximum absolute atomic E-state index is 12.6. The van der Waals surface area contributed by atoms with Crippen LogP contribution in [0.3, 0.4) is 0 Å². The van der Waals surface area contributed by atoms with Crippen molar-refractivity contribution in [3.8, 4) is 5.75 Å². The highest BCUT2D eigenvalue weighted by molar-refractivity contribution is 5.99. The second-order valence-corrected chi connectivity index (χ2v) is 9.10. The van der Waals surface area contributed by atoms with E-state index in [-0.39, 0.29) is 12.8 Å². The Kier molecular flexibility index (Phi) is 8.71. The van der Waals surface area contributed by atoms with Crippen molar-refractivity contribution in [1.29, 1.82) is 0 Å². The highest BCUT2D eigenvalue weighted by Crippen LogP contribution is 2.17. The Bertz CT molecular complexity index is 1280. The minimum atomic E-state index is -1.22. The predicted octanol–water partition coefficient (Wildman–Crippen LogP) is 1.99. The molecule has 3 atom stereocenters. The number of hydrogen-bond acceptors (Lipinski definition) is 5. The number of piperazine rings is 1. The van der Waals surface area contributed by atoms with E-state index in [2.05, 4.69) is 16.0 Å². The second kappa shape index (κ2) is 12.5. The maximum Gasteiger partial charge on any atom is 0.326 e. The number of carboxylic acids is 1. The molecule has 196 valence electrons. The standard InChI is InChI=1S/C29H29N3O6/c33-26(17-24-28(35)31-23(27(34)32-24)15-19-8-3-1-4-9-19)30-25(29(36)37)16-21-12-7-13-22(14-21)38-18-20-10-5-2-6-11-20/h1-14,23-25H,15-18H2,(H,30,33)(H,31,35)(H,32,34)(H,36,37)/t23-,24-,25-/m0/s1. The summed E-state index contributed by atoms with van der Waals surface area (Å²) in [5, 5.41) is 17.4. The van der Waals surface area contributed by atoms with E-state index in [0.717, 1.165) is 11.1 Å². The van der Waals surface area contributed by atoms with Gasteiger partial charge in [0.2, 0.25) is 17.7 Å². The van der Waals surface area contributed by atoms with Crippen LogP contribution in [0.5, 0.6) is 5.75 Å². The van der Waals surface area contributed by atoms with Gasteiger partial charge in [-0.25, -0.2) is 4.79 Å². The summed E-state index contributed by atoms with van der Waals surface area (Å²) in [6.45, 7) is 0.366. The first-order chi connectivity index (χ1) is 18.4. The van der Waals surface area contributed by atoms with Gasteiger partial charge >= 0.3 is 5.97 Å². The monoisotopic (exact) mass is 515 g/mol. The number of carbonyl (C=O) groups is 4. The number of aliphatic carboxylic acids is 1. The normalized spacial score (nSPS) is 17.6. The van der Waals surface area contributed by atoms with Crippen LogP contribution in [0.25, 0.3) is 0 Å². The number of ether oxygens (including phenoxy) is 1. The molecule has 0 spiro atoms. The number of nitrogens with one attached hydrogen (secondary N) is 3. The summed E-state index contributed by atoms with van der Waals surface area (Å²) in [4.78, 5) is 49.6. The molecule has 4 rings (SSSR count). The van der Waals surface area contributed by atoms with Gasteiger partial charge in [-0.05, 0) is 28.8 Å². The Hall–Kier alpha value is -4.66. The fourth-order valence-electron chi connectivity index (χ4n) is 4.19. The van der Waals surface area contributed by atoms with Gasteiger partial charge < -0.3 is 25.8 Å². The van der Waals surface area contributed by atoms with E-state index in [9.17, 15) is 24.3 Å². The van der Waals surface area contributed by atoms with Crippen molar-refractivity contribution < 1.29 is 29.0 Å². The van der Waals surface area contributed by atoms with Gasteiger partial charge in [0.25, 0.3) is 0 Å². The van der Waals surface area contributed by atoms with Crippen molar-refractivity contribution in [3.05, 3.63) is 102 Å². The average molecular weight is 516 g/mol. The van der Waals surface area contributed by atoms with Gasteiger partial charge in [-0.15, -0.1) is 0 Å². The highest BCUT2D eigenvalue weighted by atomic mass is 16.5. The molecule has 9 heteroatoms. The van der Waals surface area contributed by atoms with E-state index in [1.165, 1.54) is 0 Å². The van der Waals surface area contributed by atoms with Crippen molar-refractivity contribution in [3.63, 3.8) is 0 Å². The summed E-state index contributed by atoms with van der Waals surface area (Å²) < 4.78 is 5.80. The van der Waals surface area contributed by atoms with Crippen molar-refractivity contribution in [2.24, 2.45) is 0 Å². The van der Waals surface area contributed by atoms with Gasteiger partial charge in [-0.2, -0.15) is 0 Å². The van der Waals surface area contributed by atoms with E-state index < -0.39 is 41.8 Å². The molecule has 9 nitrogen and oxygen atoms in total. The van der Waals surface area contributed by atoms with Crippen molar-refractivity contribution in [2.75, 3.05) is 0 Å². The lowest BCUT2D eigenvalue weighted by Crippen LogP contribution is -2.63. The molecule has 0 saturated carbocycles. The van der Waals surface area contributed by atoms with E-state index in [1.54, 1.807) is 24.3 Å². The summed E-state index contributed by atoms with van der Waals surface area (Å²) in [5.74, 6) is -2.18. The first-order valence-corrected chi connectivity index (χ1v) is 12.3. The molecular weight excluding hydrogens is 486 g/mol. The van der Waals surface area contributed by atoms with Gasteiger partial charge in [0.1, 0.15) is 30.5 Å². The summed E-state index contributed by atoms with van der Waals surface area (Å²) in [7, 11) is 0. The lowest BCUT2D eigenvalue weighted by molar-refractivity contribution is -0.142. The van der Waals surface area contributed by atoms with Crippen molar-refractivity contribution in [1.82, 2.24) is 16.0 Å². The molecule has 1 aliphatic heterocycles. The molecule has 38 heavy (non-hydrogen) atoms. The molecule has 0 unspecified atom stereocenters. The molecule has 3 aromatic carbocycles. The third kappa shape index (κ3) is 7.42. The van der Waals surface area contributed by atoms with E-state index in [1.807, 2.05) is 60.7 Å². The van der Waals surface area contributed by atoms with Crippen LogP contribution in [-0.2, 0) is 38.6 Å². The van der Waals surface area contributed by atoms with Crippen LogP contribution in [0.1, 0.15) is 23.1 Å². The summed E-state index contributed by atoms with van der Waals surface area (Å²) >= 11 is 0. The zero-order chi connectivity index (χ0) is 26.9. The molecule has 0 bridgehead atoms. The molecule has 0 aromatic heterocycles. The Morgan fingerprint density at radius 1 is 0.816 bits per heavy atom. The number of carboxylic acid groups (broad SMARTS) is 1. The van der Waals surface area contributed by atoms with Crippen molar-refractivity contribution in [2.45, 2.75) is 44.0 Å². The van der Waals surface area contributed by atoms with Crippen LogP contribution in [0.15, 0.2) is 84.9 Å². The van der Waals surface area contributed by atoms with Gasteiger partial charge in [-0.1, -0.05) is 72.8 Å². The molecular formula is C29H29N3O6. The second-order valence-electron chi connectivity index (χ2n) is 9.10. The molecule has 0 aliphatic carbocycles. The fourth-order valence-corrected chi connectivity index (χ4v) is 4.19. The third-order valence-corrected chi connectivity index (χ3v) is 6.16. The summed E-state index contributed by atoms with van der Waals surface area (Å²) in [6.07, 6.45) is -0.0296. The van der Waals surface area contributed by atoms with E-state index in [4.69, 9.17) is 4.74 Å². The van der Waals surface area contributed by atoms with Crippen LogP contribution in [0.2, 0.25) is 0 Å². The SMILES string of the molecule is O=C(C[C@@H]1NC(=O)[C@H](Cc2ccccc2)NC1=O)N[C@@H](Cc1cccc(OCc2ccccc2)c1)C(=O)O. The molecule has 1 aliphatic rings. The number of carbonyl (C=O) groups excluding carboxylic acids is 3. The van der Waals surface area contributed by atoms with Gasteiger partial charge in [-0.3, -0.25) is 14.4 Å². The summed E-state index contributed by atoms with van der Waals surface area (Å²) in [5.41, 5.74) is 2.55. The number of rotatable bonds is 11. The Morgan fingerprint density at radius 3 is 2.11 bits per heavy atom. The molecule has 1 heterocycles. The highest BCUT2D eigenvalue weighted by Gasteiger charge is 2.35. The largest absolute Gasteiger partial charge is 0.489 e. The van der Waals surface area contributed by atoms with Crippen LogP contribution in [0, 0.1) is 0 Å². The van der Waals surface area contributed by atoms with Crippen LogP contribution in [0.4, 0.5) is 0 Å². The minimum Gasteiger partial charge on any atom is -0.489 e. The Balaban J connectivity index is 1.30. The Morgan fingerprint density at radius 2 is 1.42 bits per heavy atom. The smallest absolute Gasteiger partial charge is 0.326 e. The zero-order valence-corrected chi connectivity index (χ0v) is 20.6. The van der Waals surface area contributed by atoms with Gasteiger partial charge in [0.15, 0.2) is 0 Å². The van der Waals surface area contributed by atoms with E-state index >= 15 is 0 Å². The zero-order valence-electron chi connectivity index (χ0n) is 20.6. The Labute approximate surface area is 220 Å². The van der Waals surface area contributed by atoms with E-state index in [0.29, 0.717) is 24.3 Å². The summed E-state index contributed by atoms with van der Waals surface area (Å²) in [6, 6.07) is 22.9. The topological polar surface area (TPSA) is 134 Å². The first-order valence-electron chi connectivity index (χ1n) is 12.3. The molecule has 3 aromatic rings. The number of benzene rings is 3. The quantitative estimate of drug-likeness (QED) is 0.309. The molecule has 4 N–H and O–H groups in total. The molecule has 1 fully saturated rings. The van der Waals surface area contributed by atoms with Crippen molar-refractivity contribution >= 4 is 23.7 Å². The minimum absolute atomic E-state index is 0.0198. The van der Waals surface area contributed by atoms with Gasteiger partial charge in [0, 0.05) is 12.8 Å². The fraction of sp³-hybridized carbons (Fsp3) is 0.241. The average Bonchev–Trinajstić information content (AvgIpc) is 2.91. The number of amides is 3. The lowest BCUT2D eigenvalue weighted by Gasteiger charge is -2.29. The molecule has 1 saturated heterocycles. The van der Waals surface area contributed by atoms with Crippen LogP contribution >= 0.6 is 0 Å².